The highest BCUT2D eigenvalue weighted by molar-refractivity contribution is 5.94. The predicted molar refractivity (Wildman–Crippen MR) is 105 cm³/mol. The van der Waals surface area contributed by atoms with Crippen molar-refractivity contribution in [2.75, 3.05) is 0 Å². The number of aromatic amines is 1. The molecule has 28 heavy (non-hydrogen) atoms. The lowest BCUT2D eigenvalue weighted by Crippen LogP contribution is -2.37. The Morgan fingerprint density at radius 1 is 1.21 bits per heavy atom. The van der Waals surface area contributed by atoms with Crippen LogP contribution in [0, 0.1) is 11.3 Å². The van der Waals surface area contributed by atoms with Crippen molar-refractivity contribution in [2.45, 2.75) is 71.9 Å². The number of H-pyrrole nitrogens is 1. The van der Waals surface area contributed by atoms with E-state index in [1.54, 1.807) is 11.6 Å². The molecule has 1 aliphatic heterocycles. The van der Waals surface area contributed by atoms with Crippen LogP contribution in [0.5, 0.6) is 0 Å². The minimum atomic E-state index is -0.107. The summed E-state index contributed by atoms with van der Waals surface area (Å²) in [4.78, 5) is 25.1. The lowest BCUT2D eigenvalue weighted by atomic mass is 9.71. The minimum absolute atomic E-state index is 0.0215. The number of fused-ring (bicyclic) bond motifs is 2. The summed E-state index contributed by atoms with van der Waals surface area (Å²) >= 11 is 0. The number of nitrogens with one attached hydrogen (secondary N) is 2. The molecule has 2 unspecified atom stereocenters. The van der Waals surface area contributed by atoms with E-state index in [4.69, 9.17) is 0 Å². The highest BCUT2D eigenvalue weighted by Gasteiger charge is 2.33. The van der Waals surface area contributed by atoms with Crippen LogP contribution in [-0.4, -0.2) is 36.5 Å². The Morgan fingerprint density at radius 3 is 2.75 bits per heavy atom. The summed E-state index contributed by atoms with van der Waals surface area (Å²) in [5.74, 6) is 1.24. The third-order valence-corrected chi connectivity index (χ3v) is 6.42. The van der Waals surface area contributed by atoms with Gasteiger partial charge in [-0.3, -0.25) is 14.5 Å². The zero-order valence-electron chi connectivity index (χ0n) is 17.2. The Bertz CT molecular complexity index is 945. The zero-order chi connectivity index (χ0) is 20.1. The number of aryl methyl sites for hydroxylation is 3. The van der Waals surface area contributed by atoms with E-state index in [1.165, 1.54) is 4.68 Å². The molecule has 8 nitrogen and oxygen atoms in total. The monoisotopic (exact) mass is 386 g/mol. The molecule has 2 atom stereocenters. The molecule has 0 bridgehead atoms. The Labute approximate surface area is 164 Å². The van der Waals surface area contributed by atoms with Gasteiger partial charge in [0.2, 0.25) is 0 Å². The Morgan fingerprint density at radius 2 is 2.00 bits per heavy atom. The Balaban J connectivity index is 1.46. The average Bonchev–Trinajstić information content (AvgIpc) is 3.11. The van der Waals surface area contributed by atoms with Crippen LogP contribution < -0.4 is 11.0 Å². The first-order valence-corrected chi connectivity index (χ1v) is 10.2. The quantitative estimate of drug-likeness (QED) is 0.819. The van der Waals surface area contributed by atoms with Gasteiger partial charge in [0.1, 0.15) is 5.82 Å². The van der Waals surface area contributed by atoms with Crippen molar-refractivity contribution in [3.05, 3.63) is 33.3 Å². The van der Waals surface area contributed by atoms with Gasteiger partial charge in [0, 0.05) is 37.3 Å². The van der Waals surface area contributed by atoms with Gasteiger partial charge in [-0.1, -0.05) is 20.8 Å². The topological polar surface area (TPSA) is 97.6 Å². The van der Waals surface area contributed by atoms with Crippen LogP contribution in [0.3, 0.4) is 0 Å². The van der Waals surface area contributed by atoms with E-state index in [9.17, 15) is 9.59 Å². The molecule has 0 radical (unpaired) electrons. The molecule has 0 fully saturated rings. The van der Waals surface area contributed by atoms with Crippen molar-refractivity contribution < 1.29 is 4.79 Å². The van der Waals surface area contributed by atoms with Gasteiger partial charge in [-0.05, 0) is 43.4 Å². The lowest BCUT2D eigenvalue weighted by molar-refractivity contribution is 0.0925. The predicted octanol–water partition coefficient (Wildman–Crippen LogP) is 1.59. The van der Waals surface area contributed by atoms with Crippen LogP contribution >= 0.6 is 0 Å². The number of aromatic nitrogens is 5. The standard InChI is InChI=1S/C20H30N6O2/c1-20(2,3)12-5-7-15-14(11-12)17(23-22-15)18(27)21-13-6-8-16-24-25(4)19(28)26(16)10-9-13/h12-13H,5-11H2,1-4H3,(H,21,27)(H,22,23). The maximum atomic E-state index is 13.0. The van der Waals surface area contributed by atoms with Crippen molar-refractivity contribution in [2.24, 2.45) is 18.4 Å². The van der Waals surface area contributed by atoms with Gasteiger partial charge >= 0.3 is 5.69 Å². The van der Waals surface area contributed by atoms with Gasteiger partial charge in [-0.2, -0.15) is 10.2 Å². The fourth-order valence-electron chi connectivity index (χ4n) is 4.52. The van der Waals surface area contributed by atoms with Gasteiger partial charge in [0.15, 0.2) is 5.69 Å². The minimum Gasteiger partial charge on any atom is -0.348 e. The molecule has 2 aromatic heterocycles. The summed E-state index contributed by atoms with van der Waals surface area (Å²) in [6, 6.07) is 0.0215. The molecule has 0 spiro atoms. The van der Waals surface area contributed by atoms with Crippen LogP contribution in [0.25, 0.3) is 0 Å². The number of hydrogen-bond donors (Lipinski definition) is 2. The largest absolute Gasteiger partial charge is 0.348 e. The molecule has 1 amide bonds. The van der Waals surface area contributed by atoms with Crippen LogP contribution in [0.2, 0.25) is 0 Å². The molecule has 4 rings (SSSR count). The fraction of sp³-hybridized carbons (Fsp3) is 0.700. The second kappa shape index (κ2) is 6.90. The Kier molecular flexibility index (Phi) is 4.67. The van der Waals surface area contributed by atoms with E-state index in [-0.39, 0.29) is 23.1 Å². The first-order valence-electron chi connectivity index (χ1n) is 10.2. The van der Waals surface area contributed by atoms with Gasteiger partial charge < -0.3 is 5.32 Å². The lowest BCUT2D eigenvalue weighted by Gasteiger charge is -2.33. The molecule has 0 saturated carbocycles. The van der Waals surface area contributed by atoms with Crippen molar-refractivity contribution in [1.82, 2.24) is 29.9 Å². The zero-order valence-corrected chi connectivity index (χ0v) is 17.2. The summed E-state index contributed by atoms with van der Waals surface area (Å²) < 4.78 is 3.10. The molecule has 152 valence electrons. The van der Waals surface area contributed by atoms with Crippen molar-refractivity contribution in [3.8, 4) is 0 Å². The number of carbonyl (C=O) groups is 1. The second-order valence-electron chi connectivity index (χ2n) is 9.31. The highest BCUT2D eigenvalue weighted by atomic mass is 16.2. The molecule has 2 aromatic rings. The molecular formula is C20H30N6O2. The third kappa shape index (κ3) is 3.40. The summed E-state index contributed by atoms with van der Waals surface area (Å²) in [6.45, 7) is 7.38. The molecule has 0 aromatic carbocycles. The molecule has 2 N–H and O–H groups in total. The van der Waals surface area contributed by atoms with E-state index in [0.29, 0.717) is 24.6 Å². The summed E-state index contributed by atoms with van der Waals surface area (Å²) in [5, 5.41) is 14.9. The van der Waals surface area contributed by atoms with E-state index < -0.39 is 0 Å². The fourth-order valence-corrected chi connectivity index (χ4v) is 4.52. The first kappa shape index (κ1) is 19.0. The van der Waals surface area contributed by atoms with Crippen LogP contribution in [-0.2, 0) is 32.9 Å². The first-order chi connectivity index (χ1) is 13.2. The summed E-state index contributed by atoms with van der Waals surface area (Å²) in [5.41, 5.74) is 2.86. The molecular weight excluding hydrogens is 356 g/mol. The summed E-state index contributed by atoms with van der Waals surface area (Å²) in [7, 11) is 1.68. The van der Waals surface area contributed by atoms with E-state index in [1.807, 2.05) is 0 Å². The van der Waals surface area contributed by atoms with Gasteiger partial charge in [-0.25, -0.2) is 9.48 Å². The Hall–Kier alpha value is -2.38. The smallest absolute Gasteiger partial charge is 0.345 e. The van der Waals surface area contributed by atoms with Crippen molar-refractivity contribution >= 4 is 5.91 Å². The van der Waals surface area contributed by atoms with Crippen molar-refractivity contribution in [1.29, 1.82) is 0 Å². The SMILES string of the molecule is Cn1nc2n(c1=O)CCC(NC(=O)c1n[nH]c3c1CC(C(C)(C)C)CC3)CC2. The normalized spacial score (nSPS) is 22.3. The molecule has 1 aliphatic carbocycles. The number of nitrogens with zero attached hydrogens (tertiary/aromatic N) is 4. The maximum absolute atomic E-state index is 13.0. The van der Waals surface area contributed by atoms with Crippen LogP contribution in [0.15, 0.2) is 4.79 Å². The van der Waals surface area contributed by atoms with E-state index in [0.717, 1.165) is 49.2 Å². The molecule has 0 saturated heterocycles. The number of amides is 1. The maximum Gasteiger partial charge on any atom is 0.345 e. The third-order valence-electron chi connectivity index (χ3n) is 6.42. The van der Waals surface area contributed by atoms with Gasteiger partial charge in [0.05, 0.1) is 0 Å². The second-order valence-corrected chi connectivity index (χ2v) is 9.31. The highest BCUT2D eigenvalue weighted by Crippen LogP contribution is 2.37. The van der Waals surface area contributed by atoms with Crippen LogP contribution in [0.1, 0.15) is 67.6 Å². The van der Waals surface area contributed by atoms with E-state index in [2.05, 4.69) is 41.4 Å². The van der Waals surface area contributed by atoms with Gasteiger partial charge in [-0.15, -0.1) is 0 Å². The molecule has 3 heterocycles. The average molecular weight is 387 g/mol. The molecule has 2 aliphatic rings. The molecule has 8 heteroatoms. The number of hydrogen-bond acceptors (Lipinski definition) is 4. The van der Waals surface area contributed by atoms with Crippen LogP contribution in [0.4, 0.5) is 0 Å². The van der Waals surface area contributed by atoms with Crippen molar-refractivity contribution in [3.63, 3.8) is 0 Å². The van der Waals surface area contributed by atoms with Gasteiger partial charge in [0.25, 0.3) is 5.91 Å². The number of rotatable bonds is 2. The number of carbonyl (C=O) groups excluding carboxylic acids is 1. The summed E-state index contributed by atoms with van der Waals surface area (Å²) in [6.07, 6.45) is 5.16. The van der Waals surface area contributed by atoms with E-state index >= 15 is 0 Å².